The largest absolute Gasteiger partial charge is 0.472 e. The number of thiazole rings is 1. The number of anilines is 1. The van der Waals surface area contributed by atoms with Gasteiger partial charge in [0.1, 0.15) is 18.2 Å². The van der Waals surface area contributed by atoms with Crippen molar-refractivity contribution < 1.29 is 19.1 Å². The number of nitrogens with one attached hydrogen (secondary N) is 1. The number of hydrogen-bond acceptors (Lipinski definition) is 8. The molecule has 1 aliphatic carbocycles. The average Bonchev–Trinajstić information content (AvgIpc) is 3.62. The van der Waals surface area contributed by atoms with Crippen LogP contribution in [0.4, 0.5) is 5.13 Å². The topological polar surface area (TPSA) is 93.7 Å². The second-order valence-corrected chi connectivity index (χ2v) is 12.3. The van der Waals surface area contributed by atoms with Crippen molar-refractivity contribution in [1.29, 1.82) is 0 Å². The summed E-state index contributed by atoms with van der Waals surface area (Å²) in [5, 5.41) is 8.45. The molecule has 4 heterocycles. The number of benzene rings is 1. The minimum absolute atomic E-state index is 0.0729. The van der Waals surface area contributed by atoms with Gasteiger partial charge in [-0.05, 0) is 67.5 Å². The second kappa shape index (κ2) is 12.1. The van der Waals surface area contributed by atoms with Gasteiger partial charge in [-0.2, -0.15) is 0 Å². The zero-order valence-electron chi connectivity index (χ0n) is 23.1. The molecule has 1 amide bonds. The Morgan fingerprint density at radius 1 is 1.10 bits per heavy atom. The Morgan fingerprint density at radius 2 is 1.93 bits per heavy atom. The van der Waals surface area contributed by atoms with Gasteiger partial charge in [-0.1, -0.05) is 37.8 Å². The number of rotatable bonds is 2. The maximum atomic E-state index is 14.3. The van der Waals surface area contributed by atoms with Crippen molar-refractivity contribution in [2.45, 2.75) is 88.8 Å². The Labute approximate surface area is 239 Å². The van der Waals surface area contributed by atoms with Crippen molar-refractivity contribution in [1.82, 2.24) is 14.9 Å². The number of esters is 1. The molecule has 0 spiro atoms. The Bertz CT molecular complexity index is 1350. The van der Waals surface area contributed by atoms with Crippen LogP contribution >= 0.6 is 11.3 Å². The molecule has 6 rings (SSSR count). The summed E-state index contributed by atoms with van der Waals surface area (Å²) in [6.07, 6.45) is 12.4. The zero-order chi connectivity index (χ0) is 27.5. The van der Waals surface area contributed by atoms with Gasteiger partial charge in [0.2, 0.25) is 11.8 Å². The van der Waals surface area contributed by atoms with Gasteiger partial charge in [0.25, 0.3) is 0 Å². The number of hydrogen-bond donors (Lipinski definition) is 1. The van der Waals surface area contributed by atoms with Crippen molar-refractivity contribution in [2.75, 3.05) is 19.0 Å². The standard InChI is InChI=1S/C31H38N4O4S/c1-38-30(37)26-17-24-18-35(26)29(36)27(22-9-5-3-6-10-22)34-31-33-23(19-40-31)11-7-2-4-8-20-12-13-21-14-15-32-28(39-24)25(21)16-20/h12-16,19,22,24,26-27H,2-11,17-18H2,1H3,(H,33,34)/t24-,26+,27+/m1/s1. The molecule has 0 unspecified atom stereocenters. The van der Waals surface area contributed by atoms with Gasteiger partial charge >= 0.3 is 5.97 Å². The fourth-order valence-corrected chi connectivity index (χ4v) is 7.33. The molecule has 2 aromatic heterocycles. The van der Waals surface area contributed by atoms with E-state index < -0.39 is 18.1 Å². The van der Waals surface area contributed by atoms with Crippen LogP contribution in [0.2, 0.25) is 0 Å². The van der Waals surface area contributed by atoms with Gasteiger partial charge in [-0.15, -0.1) is 11.3 Å². The molecule has 40 heavy (non-hydrogen) atoms. The summed E-state index contributed by atoms with van der Waals surface area (Å²) in [5.74, 6) is 0.265. The Morgan fingerprint density at radius 3 is 2.77 bits per heavy atom. The summed E-state index contributed by atoms with van der Waals surface area (Å²) in [6.45, 7) is 0.310. The lowest BCUT2D eigenvalue weighted by Gasteiger charge is -2.34. The average molecular weight is 563 g/mol. The number of carbonyl (C=O) groups excluding carboxylic acids is 2. The van der Waals surface area contributed by atoms with E-state index in [1.54, 1.807) is 22.4 Å². The molecule has 1 saturated heterocycles. The quantitative estimate of drug-likeness (QED) is 0.410. The molecule has 1 aromatic carbocycles. The molecule has 6 bridgehead atoms. The minimum atomic E-state index is -0.696. The summed E-state index contributed by atoms with van der Waals surface area (Å²) in [5.41, 5.74) is 2.33. The first kappa shape index (κ1) is 27.0. The number of aromatic nitrogens is 2. The van der Waals surface area contributed by atoms with Crippen LogP contribution in [-0.2, 0) is 27.2 Å². The molecule has 212 valence electrons. The number of pyridine rings is 1. The molecule has 3 aliphatic rings. The molecule has 8 nitrogen and oxygen atoms in total. The number of amides is 1. The normalized spacial score (nSPS) is 24.6. The highest BCUT2D eigenvalue weighted by Crippen LogP contribution is 2.34. The lowest BCUT2D eigenvalue weighted by molar-refractivity contribution is -0.151. The van der Waals surface area contributed by atoms with Crippen LogP contribution in [0.15, 0.2) is 35.8 Å². The maximum absolute atomic E-state index is 14.3. The number of aryl methyl sites for hydroxylation is 2. The molecule has 3 aromatic rings. The number of methoxy groups -OCH3 is 1. The predicted molar refractivity (Wildman–Crippen MR) is 156 cm³/mol. The molecular weight excluding hydrogens is 524 g/mol. The highest BCUT2D eigenvalue weighted by Gasteiger charge is 2.45. The first-order valence-corrected chi connectivity index (χ1v) is 15.6. The van der Waals surface area contributed by atoms with E-state index in [9.17, 15) is 9.59 Å². The summed E-state index contributed by atoms with van der Waals surface area (Å²) < 4.78 is 11.6. The van der Waals surface area contributed by atoms with Gasteiger partial charge in [0, 0.05) is 23.4 Å². The van der Waals surface area contributed by atoms with Crippen LogP contribution in [0, 0.1) is 5.92 Å². The van der Waals surface area contributed by atoms with E-state index in [0.717, 1.165) is 79.4 Å². The van der Waals surface area contributed by atoms with Crippen LogP contribution in [0.25, 0.3) is 10.8 Å². The third-order valence-electron chi connectivity index (χ3n) is 8.71. The molecule has 1 N–H and O–H groups in total. The van der Waals surface area contributed by atoms with Crippen LogP contribution in [0.3, 0.4) is 0 Å². The minimum Gasteiger partial charge on any atom is -0.472 e. The Balaban J connectivity index is 1.35. The molecule has 2 aliphatic heterocycles. The summed E-state index contributed by atoms with van der Waals surface area (Å²) in [7, 11) is 1.38. The van der Waals surface area contributed by atoms with Gasteiger partial charge in [0.15, 0.2) is 5.13 Å². The molecule has 3 atom stereocenters. The van der Waals surface area contributed by atoms with Gasteiger partial charge in [0.05, 0.1) is 19.3 Å². The van der Waals surface area contributed by atoms with Crippen molar-refractivity contribution in [3.63, 3.8) is 0 Å². The van der Waals surface area contributed by atoms with E-state index in [2.05, 4.69) is 33.9 Å². The highest BCUT2D eigenvalue weighted by molar-refractivity contribution is 7.13. The van der Waals surface area contributed by atoms with Crippen LogP contribution in [0.5, 0.6) is 5.88 Å². The van der Waals surface area contributed by atoms with E-state index in [-0.39, 0.29) is 17.9 Å². The molecule has 9 heteroatoms. The van der Waals surface area contributed by atoms with E-state index in [1.165, 1.54) is 19.1 Å². The molecule has 2 fully saturated rings. The fourth-order valence-electron chi connectivity index (χ4n) is 6.54. The first-order chi connectivity index (χ1) is 19.6. The summed E-state index contributed by atoms with van der Waals surface area (Å²) in [6, 6.07) is 7.34. The first-order valence-electron chi connectivity index (χ1n) is 14.7. The number of fused-ring (bicyclic) bond motifs is 5. The third kappa shape index (κ3) is 5.80. The van der Waals surface area contributed by atoms with E-state index >= 15 is 0 Å². The summed E-state index contributed by atoms with van der Waals surface area (Å²) in [4.78, 5) is 38.3. The number of carbonyl (C=O) groups is 2. The molecular formula is C31H38N4O4S. The fraction of sp³-hybridized carbons (Fsp3) is 0.548. The van der Waals surface area contributed by atoms with Gasteiger partial charge in [-0.25, -0.2) is 14.8 Å². The third-order valence-corrected chi connectivity index (χ3v) is 9.53. The molecule has 0 radical (unpaired) electrons. The SMILES string of the molecule is COC(=O)[C@@H]1C[C@@H]2CN1C(=O)[C@H](C1CCCCC1)Nc1nc(cs1)CCCCCc1ccc3ccnc(c3c1)O2. The Kier molecular flexibility index (Phi) is 8.18. The lowest BCUT2D eigenvalue weighted by atomic mass is 9.83. The van der Waals surface area contributed by atoms with Crippen molar-refractivity contribution in [3.05, 3.63) is 47.1 Å². The second-order valence-electron chi connectivity index (χ2n) is 11.4. The van der Waals surface area contributed by atoms with Crippen LogP contribution in [0.1, 0.15) is 69.0 Å². The Hall–Kier alpha value is -3.20. The smallest absolute Gasteiger partial charge is 0.328 e. The van der Waals surface area contributed by atoms with E-state index in [4.69, 9.17) is 14.5 Å². The van der Waals surface area contributed by atoms with Crippen molar-refractivity contribution >= 4 is 39.1 Å². The monoisotopic (exact) mass is 562 g/mol. The summed E-state index contributed by atoms with van der Waals surface area (Å²) >= 11 is 1.57. The zero-order valence-corrected chi connectivity index (χ0v) is 24.0. The van der Waals surface area contributed by atoms with Gasteiger partial charge < -0.3 is 19.7 Å². The van der Waals surface area contributed by atoms with Crippen molar-refractivity contribution in [3.8, 4) is 5.88 Å². The van der Waals surface area contributed by atoms with E-state index in [0.29, 0.717) is 18.8 Å². The van der Waals surface area contributed by atoms with Crippen LogP contribution in [-0.4, -0.2) is 58.6 Å². The van der Waals surface area contributed by atoms with E-state index in [1.807, 2.05) is 6.07 Å². The number of ether oxygens (including phenoxy) is 2. The van der Waals surface area contributed by atoms with Crippen molar-refractivity contribution in [2.24, 2.45) is 5.92 Å². The van der Waals surface area contributed by atoms with Gasteiger partial charge in [-0.3, -0.25) is 4.79 Å². The van der Waals surface area contributed by atoms with Crippen LogP contribution < -0.4 is 10.1 Å². The number of nitrogens with zero attached hydrogens (tertiary/aromatic N) is 3. The predicted octanol–water partition coefficient (Wildman–Crippen LogP) is 5.54. The lowest BCUT2D eigenvalue weighted by Crippen LogP contribution is -2.51. The maximum Gasteiger partial charge on any atom is 0.328 e. The highest BCUT2D eigenvalue weighted by atomic mass is 32.1. The molecule has 1 saturated carbocycles.